The lowest BCUT2D eigenvalue weighted by Crippen LogP contribution is -2.31. The lowest BCUT2D eigenvalue weighted by atomic mass is 10.3. The molecule has 0 spiro atoms. The summed E-state index contributed by atoms with van der Waals surface area (Å²) < 4.78 is 50.6. The van der Waals surface area contributed by atoms with Crippen molar-refractivity contribution in [3.8, 4) is 0 Å². The summed E-state index contributed by atoms with van der Waals surface area (Å²) in [5.41, 5.74) is 0. The molecule has 0 atom stereocenters. The first kappa shape index (κ1) is 19.6. The Morgan fingerprint density at radius 2 is 1.16 bits per heavy atom. The normalized spacial score (nSPS) is 12.6. The van der Waals surface area contributed by atoms with E-state index in [4.69, 9.17) is 0 Å². The molecule has 0 radical (unpaired) electrons. The summed E-state index contributed by atoms with van der Waals surface area (Å²) >= 11 is 0. The lowest BCUT2D eigenvalue weighted by molar-refractivity contribution is 0.395. The van der Waals surface area contributed by atoms with Gasteiger partial charge in [0.25, 0.3) is 0 Å². The Kier molecular flexibility index (Phi) is 6.37. The zero-order valence-corrected chi connectivity index (χ0v) is 16.0. The van der Waals surface area contributed by atoms with E-state index in [2.05, 4.69) is 0 Å². The highest BCUT2D eigenvalue weighted by Gasteiger charge is 2.39. The number of sulfone groups is 2. The molecule has 2 aromatic carbocycles. The molecular formula is C18H23NO4S2. The number of hydrogen-bond donors (Lipinski definition) is 0. The predicted molar refractivity (Wildman–Crippen MR) is 98.8 cm³/mol. The predicted octanol–water partition coefficient (Wildman–Crippen LogP) is 2.60. The standard InChI is InChI=1S/C18H23NO4S2/c1-19(2)15-9-14-18(24(20,21)16-10-5-3-6-11-16)25(22,23)17-12-7-4-8-13-17/h3-8,10-13,18H,9,14-15H2,1-2H3. The first-order valence-electron chi connectivity index (χ1n) is 7.99. The highest BCUT2D eigenvalue weighted by molar-refractivity contribution is 8.09. The van der Waals surface area contributed by atoms with Gasteiger partial charge in [0.05, 0.1) is 9.79 Å². The van der Waals surface area contributed by atoms with Gasteiger partial charge in [-0.2, -0.15) is 0 Å². The summed E-state index contributed by atoms with van der Waals surface area (Å²) in [5.74, 6) is 0. The smallest absolute Gasteiger partial charge is 0.195 e. The van der Waals surface area contributed by atoms with Gasteiger partial charge in [-0.15, -0.1) is 0 Å². The van der Waals surface area contributed by atoms with Crippen LogP contribution in [-0.2, 0) is 19.7 Å². The van der Waals surface area contributed by atoms with Gasteiger partial charge in [0.15, 0.2) is 24.3 Å². The van der Waals surface area contributed by atoms with E-state index in [0.29, 0.717) is 13.0 Å². The van der Waals surface area contributed by atoms with Crippen molar-refractivity contribution in [2.24, 2.45) is 0 Å². The molecule has 7 heteroatoms. The van der Waals surface area contributed by atoms with Crippen LogP contribution >= 0.6 is 0 Å². The van der Waals surface area contributed by atoms with Gasteiger partial charge in [0, 0.05) is 0 Å². The summed E-state index contributed by atoms with van der Waals surface area (Å²) in [6.45, 7) is 0.616. The van der Waals surface area contributed by atoms with Gasteiger partial charge in [0.2, 0.25) is 0 Å². The lowest BCUT2D eigenvalue weighted by Gasteiger charge is -2.19. The zero-order chi connectivity index (χ0) is 18.5. The molecule has 25 heavy (non-hydrogen) atoms. The second-order valence-electron chi connectivity index (χ2n) is 6.09. The van der Waals surface area contributed by atoms with E-state index >= 15 is 0 Å². The Bertz CT molecular complexity index is 808. The second kappa shape index (κ2) is 8.12. The van der Waals surface area contributed by atoms with Gasteiger partial charge in [-0.25, -0.2) is 16.8 Å². The Labute approximate surface area is 150 Å². The minimum Gasteiger partial charge on any atom is -0.309 e. The van der Waals surface area contributed by atoms with Crippen molar-refractivity contribution in [1.82, 2.24) is 4.90 Å². The average Bonchev–Trinajstić information content (AvgIpc) is 2.59. The number of hydrogen-bond acceptors (Lipinski definition) is 5. The van der Waals surface area contributed by atoms with Gasteiger partial charge in [-0.1, -0.05) is 36.4 Å². The van der Waals surface area contributed by atoms with E-state index in [-0.39, 0.29) is 16.2 Å². The van der Waals surface area contributed by atoms with E-state index in [1.165, 1.54) is 24.3 Å². The van der Waals surface area contributed by atoms with Gasteiger partial charge in [-0.05, 0) is 57.7 Å². The third-order valence-electron chi connectivity index (χ3n) is 3.88. The van der Waals surface area contributed by atoms with E-state index < -0.39 is 24.3 Å². The molecular weight excluding hydrogens is 358 g/mol. The van der Waals surface area contributed by atoms with Crippen LogP contribution in [0.1, 0.15) is 12.8 Å². The Hall–Kier alpha value is -1.70. The topological polar surface area (TPSA) is 71.5 Å². The number of benzene rings is 2. The molecule has 0 heterocycles. The fraction of sp³-hybridized carbons (Fsp3) is 0.333. The van der Waals surface area contributed by atoms with Crippen LogP contribution in [-0.4, -0.2) is 47.0 Å². The van der Waals surface area contributed by atoms with Crippen molar-refractivity contribution in [3.05, 3.63) is 60.7 Å². The van der Waals surface area contributed by atoms with Crippen LogP contribution in [0.2, 0.25) is 0 Å². The van der Waals surface area contributed by atoms with Crippen LogP contribution in [0.5, 0.6) is 0 Å². The third kappa shape index (κ3) is 4.68. The molecule has 136 valence electrons. The van der Waals surface area contributed by atoms with Crippen LogP contribution in [0.25, 0.3) is 0 Å². The number of rotatable bonds is 8. The van der Waals surface area contributed by atoms with Gasteiger partial charge in [-0.3, -0.25) is 0 Å². The first-order chi connectivity index (χ1) is 11.8. The molecule has 0 aliphatic heterocycles. The van der Waals surface area contributed by atoms with Crippen LogP contribution in [0.3, 0.4) is 0 Å². The van der Waals surface area contributed by atoms with E-state index in [1.807, 2.05) is 19.0 Å². The van der Waals surface area contributed by atoms with E-state index in [1.54, 1.807) is 36.4 Å². The molecule has 0 saturated heterocycles. The monoisotopic (exact) mass is 381 g/mol. The van der Waals surface area contributed by atoms with E-state index in [0.717, 1.165) is 0 Å². The van der Waals surface area contributed by atoms with E-state index in [9.17, 15) is 16.8 Å². The number of nitrogens with zero attached hydrogens (tertiary/aromatic N) is 1. The average molecular weight is 382 g/mol. The summed E-state index contributed by atoms with van der Waals surface area (Å²) in [7, 11) is -4.29. The SMILES string of the molecule is CN(C)CCCC(S(=O)(=O)c1ccccc1)S(=O)(=O)c1ccccc1. The Morgan fingerprint density at radius 1 is 0.760 bits per heavy atom. The molecule has 2 aromatic rings. The molecule has 2 rings (SSSR count). The van der Waals surface area contributed by atoms with Crippen LogP contribution in [0, 0.1) is 0 Å². The summed E-state index contributed by atoms with van der Waals surface area (Å²) in [5, 5.41) is 0. The summed E-state index contributed by atoms with van der Waals surface area (Å²) in [6.07, 6.45) is 0.516. The third-order valence-corrected chi connectivity index (χ3v) is 9.12. The quantitative estimate of drug-likeness (QED) is 0.703. The molecule has 0 amide bonds. The molecule has 0 bridgehead atoms. The molecule has 0 aromatic heterocycles. The van der Waals surface area contributed by atoms with Gasteiger partial charge < -0.3 is 4.90 Å². The Balaban J connectivity index is 2.47. The molecule has 0 aliphatic rings. The molecule has 0 N–H and O–H groups in total. The minimum absolute atomic E-state index is 0.0318. The molecule has 5 nitrogen and oxygen atoms in total. The van der Waals surface area contributed by atoms with Crippen LogP contribution in [0.15, 0.2) is 70.5 Å². The van der Waals surface area contributed by atoms with Crippen molar-refractivity contribution in [2.75, 3.05) is 20.6 Å². The maximum atomic E-state index is 13.0. The van der Waals surface area contributed by atoms with Crippen molar-refractivity contribution < 1.29 is 16.8 Å². The largest absolute Gasteiger partial charge is 0.309 e. The van der Waals surface area contributed by atoms with Crippen LogP contribution in [0.4, 0.5) is 0 Å². The molecule has 0 fully saturated rings. The van der Waals surface area contributed by atoms with Crippen molar-refractivity contribution in [2.45, 2.75) is 27.2 Å². The van der Waals surface area contributed by atoms with Gasteiger partial charge in [0.1, 0.15) is 0 Å². The fourth-order valence-corrected chi connectivity index (χ4v) is 7.21. The molecule has 0 aliphatic carbocycles. The maximum Gasteiger partial charge on any atom is 0.195 e. The molecule has 0 unspecified atom stereocenters. The van der Waals surface area contributed by atoms with Crippen LogP contribution < -0.4 is 0 Å². The molecule has 0 saturated carbocycles. The van der Waals surface area contributed by atoms with Crippen molar-refractivity contribution in [1.29, 1.82) is 0 Å². The fourth-order valence-electron chi connectivity index (χ4n) is 2.58. The Morgan fingerprint density at radius 3 is 1.52 bits per heavy atom. The second-order valence-corrected chi connectivity index (χ2v) is 10.7. The minimum atomic E-state index is -4.01. The van der Waals surface area contributed by atoms with Crippen molar-refractivity contribution >= 4 is 19.7 Å². The van der Waals surface area contributed by atoms with Crippen molar-refractivity contribution in [3.63, 3.8) is 0 Å². The summed E-state index contributed by atoms with van der Waals surface area (Å²) in [6, 6.07) is 15.5. The zero-order valence-electron chi connectivity index (χ0n) is 14.4. The highest BCUT2D eigenvalue weighted by Crippen LogP contribution is 2.28. The van der Waals surface area contributed by atoms with Gasteiger partial charge >= 0.3 is 0 Å². The maximum absolute atomic E-state index is 13.0. The summed E-state index contributed by atoms with van der Waals surface area (Å²) in [4.78, 5) is 1.97. The highest BCUT2D eigenvalue weighted by atomic mass is 32.3. The first-order valence-corrected chi connectivity index (χ1v) is 11.1.